The number of aromatic nitrogens is 1. The zero-order valence-electron chi connectivity index (χ0n) is 9.03. The van der Waals surface area contributed by atoms with Gasteiger partial charge in [0.2, 0.25) is 0 Å². The Morgan fingerprint density at radius 2 is 2.33 bits per heavy atom. The molecule has 0 saturated heterocycles. The van der Waals surface area contributed by atoms with Gasteiger partial charge in [0.05, 0.1) is 6.61 Å². The number of aryl methyl sites for hydroxylation is 2. The largest absolute Gasteiger partial charge is 0.395 e. The lowest BCUT2D eigenvalue weighted by Crippen LogP contribution is -2.30. The predicted octanol–water partition coefficient (Wildman–Crippen LogP) is 1.65. The minimum Gasteiger partial charge on any atom is -0.395 e. The van der Waals surface area contributed by atoms with Gasteiger partial charge in [-0.25, -0.2) is 4.98 Å². The molecule has 1 aliphatic rings. The van der Waals surface area contributed by atoms with Gasteiger partial charge in [-0.1, -0.05) is 12.6 Å². The van der Waals surface area contributed by atoms with Crippen LogP contribution in [0.25, 0.3) is 0 Å². The lowest BCUT2D eigenvalue weighted by molar-refractivity contribution is 0.303. The van der Waals surface area contributed by atoms with Crippen molar-refractivity contribution in [3.63, 3.8) is 0 Å². The van der Waals surface area contributed by atoms with E-state index in [1.165, 1.54) is 11.1 Å². The second-order valence-electron chi connectivity index (χ2n) is 3.94. The van der Waals surface area contributed by atoms with Crippen LogP contribution < -0.4 is 4.90 Å². The van der Waals surface area contributed by atoms with Gasteiger partial charge < -0.3 is 10.0 Å². The number of rotatable bonds is 2. The maximum absolute atomic E-state index is 9.01. The molecule has 2 rings (SSSR count). The topological polar surface area (TPSA) is 36.4 Å². The van der Waals surface area contributed by atoms with Crippen molar-refractivity contribution in [3.05, 3.63) is 35.7 Å². The summed E-state index contributed by atoms with van der Waals surface area (Å²) in [5.41, 5.74) is 3.49. The molecule has 1 N–H and O–H groups in total. The van der Waals surface area contributed by atoms with Crippen molar-refractivity contribution in [1.82, 2.24) is 4.98 Å². The predicted molar refractivity (Wildman–Crippen MR) is 60.9 cm³/mol. The molecule has 80 valence electrons. The number of aliphatic hydroxyl groups excluding tert-OH is 1. The Hall–Kier alpha value is -1.35. The van der Waals surface area contributed by atoms with Crippen LogP contribution in [0.15, 0.2) is 24.5 Å². The van der Waals surface area contributed by atoms with Gasteiger partial charge in [-0.3, -0.25) is 0 Å². The van der Waals surface area contributed by atoms with E-state index >= 15 is 0 Å². The molecule has 15 heavy (non-hydrogen) atoms. The molecule has 2 heterocycles. The van der Waals surface area contributed by atoms with Crippen molar-refractivity contribution in [2.45, 2.75) is 19.8 Å². The number of β-amino-alcohol motifs (C(OH)–C–C–N with tert-alkyl or cyclic N) is 1. The molecule has 1 aromatic rings. The summed E-state index contributed by atoms with van der Waals surface area (Å²) in [5, 5.41) is 9.01. The van der Waals surface area contributed by atoms with Crippen LogP contribution in [-0.4, -0.2) is 23.2 Å². The Kier molecular flexibility index (Phi) is 2.73. The van der Waals surface area contributed by atoms with Crippen LogP contribution in [0.2, 0.25) is 0 Å². The van der Waals surface area contributed by atoms with Gasteiger partial charge in [0.15, 0.2) is 0 Å². The number of fused-ring (bicyclic) bond motifs is 1. The molecule has 0 spiro atoms. The highest BCUT2D eigenvalue weighted by atomic mass is 16.3. The fourth-order valence-electron chi connectivity index (χ4n) is 1.98. The number of aliphatic hydroxyl groups is 1. The van der Waals surface area contributed by atoms with Crippen molar-refractivity contribution in [1.29, 1.82) is 0 Å². The minimum atomic E-state index is 0.133. The van der Waals surface area contributed by atoms with Crippen LogP contribution in [0.3, 0.4) is 0 Å². The number of hydrogen-bond acceptors (Lipinski definition) is 3. The zero-order valence-corrected chi connectivity index (χ0v) is 9.03. The first-order valence-corrected chi connectivity index (χ1v) is 5.24. The number of nitrogens with zero attached hydrogens (tertiary/aromatic N) is 2. The average Bonchev–Trinajstić information content (AvgIpc) is 2.22. The third-order valence-corrected chi connectivity index (χ3v) is 2.72. The van der Waals surface area contributed by atoms with E-state index in [0.29, 0.717) is 6.54 Å². The van der Waals surface area contributed by atoms with Gasteiger partial charge in [-0.05, 0) is 30.9 Å². The highest BCUT2D eigenvalue weighted by Crippen LogP contribution is 2.29. The Morgan fingerprint density at radius 1 is 1.53 bits per heavy atom. The van der Waals surface area contributed by atoms with E-state index in [0.717, 1.165) is 24.4 Å². The van der Waals surface area contributed by atoms with Crippen LogP contribution in [0.5, 0.6) is 0 Å². The number of anilines is 1. The molecule has 0 bridgehead atoms. The zero-order chi connectivity index (χ0) is 10.8. The molecule has 0 saturated carbocycles. The molecular weight excluding hydrogens is 188 g/mol. The summed E-state index contributed by atoms with van der Waals surface area (Å²) in [6.07, 6.45) is 3.82. The van der Waals surface area contributed by atoms with Crippen molar-refractivity contribution in [3.8, 4) is 0 Å². The van der Waals surface area contributed by atoms with Gasteiger partial charge in [0.1, 0.15) is 5.82 Å². The normalized spacial score (nSPS) is 15.3. The number of pyridine rings is 1. The Labute approximate surface area is 90.1 Å². The lowest BCUT2D eigenvalue weighted by atomic mass is 10.0. The number of allylic oxidation sites excluding steroid dienone is 1. The van der Waals surface area contributed by atoms with Gasteiger partial charge in [-0.2, -0.15) is 0 Å². The third kappa shape index (κ3) is 1.88. The molecule has 0 amide bonds. The summed E-state index contributed by atoms with van der Waals surface area (Å²) in [6, 6.07) is 2.17. The van der Waals surface area contributed by atoms with Crippen molar-refractivity contribution in [2.75, 3.05) is 18.1 Å². The SMILES string of the molecule is C=C1CCc2cc(C)cnc2N1CCO. The smallest absolute Gasteiger partial charge is 0.135 e. The molecule has 0 aromatic carbocycles. The summed E-state index contributed by atoms with van der Waals surface area (Å²) in [6.45, 7) is 6.78. The van der Waals surface area contributed by atoms with Crippen LogP contribution in [-0.2, 0) is 6.42 Å². The lowest BCUT2D eigenvalue weighted by Gasteiger charge is -2.31. The van der Waals surface area contributed by atoms with Gasteiger partial charge in [0.25, 0.3) is 0 Å². The van der Waals surface area contributed by atoms with E-state index in [-0.39, 0.29) is 6.61 Å². The highest BCUT2D eigenvalue weighted by molar-refractivity contribution is 5.55. The van der Waals surface area contributed by atoms with Gasteiger partial charge in [-0.15, -0.1) is 0 Å². The summed E-state index contributed by atoms with van der Waals surface area (Å²) in [7, 11) is 0. The molecule has 3 nitrogen and oxygen atoms in total. The number of hydrogen-bond donors (Lipinski definition) is 1. The van der Waals surface area contributed by atoms with E-state index in [4.69, 9.17) is 5.11 Å². The molecule has 0 atom stereocenters. The van der Waals surface area contributed by atoms with E-state index < -0.39 is 0 Å². The first-order chi connectivity index (χ1) is 7.22. The fraction of sp³-hybridized carbons (Fsp3) is 0.417. The van der Waals surface area contributed by atoms with E-state index in [1.807, 2.05) is 18.0 Å². The Morgan fingerprint density at radius 3 is 3.07 bits per heavy atom. The minimum absolute atomic E-state index is 0.133. The van der Waals surface area contributed by atoms with Crippen LogP contribution in [0.1, 0.15) is 17.5 Å². The van der Waals surface area contributed by atoms with E-state index in [1.54, 1.807) is 0 Å². The fourth-order valence-corrected chi connectivity index (χ4v) is 1.98. The maximum atomic E-state index is 9.01. The monoisotopic (exact) mass is 204 g/mol. The molecule has 3 heteroatoms. The molecular formula is C12H16N2O. The van der Waals surface area contributed by atoms with Crippen LogP contribution in [0, 0.1) is 6.92 Å². The molecule has 0 unspecified atom stereocenters. The standard InChI is InChI=1S/C12H16N2O/c1-9-7-11-4-3-10(2)14(5-6-15)12(11)13-8-9/h7-8,15H,2-6H2,1H3. The summed E-state index contributed by atoms with van der Waals surface area (Å²) >= 11 is 0. The molecule has 1 aromatic heterocycles. The quantitative estimate of drug-likeness (QED) is 0.795. The second-order valence-corrected chi connectivity index (χ2v) is 3.94. The van der Waals surface area contributed by atoms with E-state index in [2.05, 4.69) is 17.6 Å². The molecule has 0 fully saturated rings. The summed E-state index contributed by atoms with van der Waals surface area (Å²) in [4.78, 5) is 6.44. The summed E-state index contributed by atoms with van der Waals surface area (Å²) < 4.78 is 0. The average molecular weight is 204 g/mol. The third-order valence-electron chi connectivity index (χ3n) is 2.72. The van der Waals surface area contributed by atoms with Gasteiger partial charge in [0, 0.05) is 18.4 Å². The van der Waals surface area contributed by atoms with Crippen LogP contribution in [0.4, 0.5) is 5.82 Å². The Bertz CT molecular complexity index is 387. The van der Waals surface area contributed by atoms with Crippen molar-refractivity contribution < 1.29 is 5.11 Å². The Balaban J connectivity index is 2.39. The second kappa shape index (κ2) is 4.03. The van der Waals surface area contributed by atoms with E-state index in [9.17, 15) is 0 Å². The first-order valence-electron chi connectivity index (χ1n) is 5.24. The van der Waals surface area contributed by atoms with Crippen molar-refractivity contribution in [2.24, 2.45) is 0 Å². The molecule has 0 radical (unpaired) electrons. The maximum Gasteiger partial charge on any atom is 0.135 e. The first kappa shape index (κ1) is 10.2. The molecule has 1 aliphatic heterocycles. The van der Waals surface area contributed by atoms with Crippen molar-refractivity contribution >= 4 is 5.82 Å². The van der Waals surface area contributed by atoms with Crippen LogP contribution >= 0.6 is 0 Å². The van der Waals surface area contributed by atoms with Gasteiger partial charge >= 0.3 is 0 Å². The molecule has 0 aliphatic carbocycles. The summed E-state index contributed by atoms with van der Waals surface area (Å²) in [5.74, 6) is 0.964. The highest BCUT2D eigenvalue weighted by Gasteiger charge is 2.20.